The summed E-state index contributed by atoms with van der Waals surface area (Å²) in [4.78, 5) is 10.4. The van der Waals surface area contributed by atoms with E-state index in [0.717, 1.165) is 24.8 Å². The van der Waals surface area contributed by atoms with E-state index < -0.39 is 5.97 Å². The molecule has 0 saturated heterocycles. The summed E-state index contributed by atoms with van der Waals surface area (Å²) in [5.74, 6) is 0.925. The van der Waals surface area contributed by atoms with E-state index in [2.05, 4.69) is 19.2 Å². The van der Waals surface area contributed by atoms with Gasteiger partial charge in [0.25, 0.3) is 0 Å². The van der Waals surface area contributed by atoms with Crippen molar-refractivity contribution in [2.24, 2.45) is 11.8 Å². The van der Waals surface area contributed by atoms with E-state index in [1.54, 1.807) is 0 Å². The average Bonchev–Trinajstić information content (AvgIpc) is 2.25. The molecule has 94 valence electrons. The molecule has 0 aromatic carbocycles. The first-order valence-electron chi connectivity index (χ1n) is 6.54. The quantitative estimate of drug-likeness (QED) is 0.733. The van der Waals surface area contributed by atoms with E-state index in [1.807, 2.05) is 0 Å². The van der Waals surface area contributed by atoms with Gasteiger partial charge in [0.1, 0.15) is 0 Å². The third kappa shape index (κ3) is 4.97. The van der Waals surface area contributed by atoms with Crippen molar-refractivity contribution >= 4 is 5.97 Å². The number of carboxylic acids is 1. The van der Waals surface area contributed by atoms with Gasteiger partial charge < -0.3 is 10.4 Å². The number of rotatable bonds is 6. The molecular formula is C13H25NO2. The van der Waals surface area contributed by atoms with Crippen LogP contribution < -0.4 is 5.32 Å². The highest BCUT2D eigenvalue weighted by atomic mass is 16.4. The SMILES string of the molecule is CC(CCC(=O)O)NCC1CCCCC1C. The fourth-order valence-corrected chi connectivity index (χ4v) is 2.49. The van der Waals surface area contributed by atoms with Crippen molar-refractivity contribution < 1.29 is 9.90 Å². The van der Waals surface area contributed by atoms with E-state index in [4.69, 9.17) is 5.11 Å². The highest BCUT2D eigenvalue weighted by Gasteiger charge is 2.21. The Balaban J connectivity index is 2.14. The molecule has 1 saturated carbocycles. The van der Waals surface area contributed by atoms with Gasteiger partial charge in [-0.3, -0.25) is 4.79 Å². The fraction of sp³-hybridized carbons (Fsp3) is 0.923. The van der Waals surface area contributed by atoms with Crippen LogP contribution in [0.3, 0.4) is 0 Å². The number of carboxylic acid groups (broad SMARTS) is 1. The fourth-order valence-electron chi connectivity index (χ4n) is 2.49. The van der Waals surface area contributed by atoms with Gasteiger partial charge in [-0.1, -0.05) is 26.2 Å². The summed E-state index contributed by atoms with van der Waals surface area (Å²) < 4.78 is 0. The molecule has 0 aromatic heterocycles. The maximum absolute atomic E-state index is 10.4. The highest BCUT2D eigenvalue weighted by Crippen LogP contribution is 2.28. The third-order valence-electron chi connectivity index (χ3n) is 3.81. The van der Waals surface area contributed by atoms with Crippen LogP contribution in [-0.2, 0) is 4.79 Å². The Bertz CT molecular complexity index is 218. The molecule has 3 atom stereocenters. The van der Waals surface area contributed by atoms with Gasteiger partial charge in [-0.25, -0.2) is 0 Å². The van der Waals surface area contributed by atoms with Gasteiger partial charge in [-0.05, 0) is 38.1 Å². The van der Waals surface area contributed by atoms with Gasteiger partial charge in [-0.2, -0.15) is 0 Å². The molecule has 1 aliphatic carbocycles. The minimum atomic E-state index is -0.695. The topological polar surface area (TPSA) is 49.3 Å². The Hall–Kier alpha value is -0.570. The Morgan fingerprint density at radius 2 is 2.12 bits per heavy atom. The summed E-state index contributed by atoms with van der Waals surface area (Å²) in [6.07, 6.45) is 6.44. The Morgan fingerprint density at radius 3 is 2.75 bits per heavy atom. The molecule has 0 spiro atoms. The molecule has 3 unspecified atom stereocenters. The molecule has 0 heterocycles. The lowest BCUT2D eigenvalue weighted by atomic mass is 9.80. The maximum Gasteiger partial charge on any atom is 0.303 e. The van der Waals surface area contributed by atoms with Crippen molar-refractivity contribution in [3.05, 3.63) is 0 Å². The van der Waals surface area contributed by atoms with Gasteiger partial charge >= 0.3 is 5.97 Å². The zero-order valence-corrected chi connectivity index (χ0v) is 10.5. The molecule has 0 amide bonds. The number of nitrogens with one attached hydrogen (secondary N) is 1. The predicted octanol–water partition coefficient (Wildman–Crippen LogP) is 2.66. The van der Waals surface area contributed by atoms with Crippen molar-refractivity contribution in [3.63, 3.8) is 0 Å². The van der Waals surface area contributed by atoms with E-state index in [9.17, 15) is 4.79 Å². The van der Waals surface area contributed by atoms with Crippen LogP contribution in [0.5, 0.6) is 0 Å². The first-order chi connectivity index (χ1) is 7.59. The third-order valence-corrected chi connectivity index (χ3v) is 3.81. The van der Waals surface area contributed by atoms with Gasteiger partial charge in [0, 0.05) is 12.5 Å². The van der Waals surface area contributed by atoms with Crippen molar-refractivity contribution in [2.45, 2.75) is 58.4 Å². The molecule has 0 aromatic rings. The first-order valence-corrected chi connectivity index (χ1v) is 6.54. The van der Waals surface area contributed by atoms with Crippen LogP contribution in [0.1, 0.15) is 52.4 Å². The van der Waals surface area contributed by atoms with Crippen molar-refractivity contribution in [3.8, 4) is 0 Å². The minimum Gasteiger partial charge on any atom is -0.481 e. The van der Waals surface area contributed by atoms with E-state index in [1.165, 1.54) is 25.7 Å². The zero-order chi connectivity index (χ0) is 12.0. The second kappa shape index (κ2) is 6.89. The predicted molar refractivity (Wildman–Crippen MR) is 65.5 cm³/mol. The van der Waals surface area contributed by atoms with Crippen LogP contribution >= 0.6 is 0 Å². The van der Waals surface area contributed by atoms with E-state index in [-0.39, 0.29) is 6.42 Å². The second-order valence-corrected chi connectivity index (χ2v) is 5.26. The smallest absolute Gasteiger partial charge is 0.303 e. The molecule has 1 aliphatic rings. The number of carbonyl (C=O) groups is 1. The maximum atomic E-state index is 10.4. The first kappa shape index (κ1) is 13.5. The lowest BCUT2D eigenvalue weighted by Crippen LogP contribution is -2.35. The number of hydrogen-bond donors (Lipinski definition) is 2. The summed E-state index contributed by atoms with van der Waals surface area (Å²) in [5, 5.41) is 12.1. The molecule has 0 aliphatic heterocycles. The van der Waals surface area contributed by atoms with Crippen LogP contribution in [0.2, 0.25) is 0 Å². The Labute approximate surface area is 98.6 Å². The minimum absolute atomic E-state index is 0.272. The molecule has 0 radical (unpaired) electrons. The van der Waals surface area contributed by atoms with Crippen LogP contribution in [0.15, 0.2) is 0 Å². The summed E-state index contributed by atoms with van der Waals surface area (Å²) in [6, 6.07) is 0.324. The molecule has 1 fully saturated rings. The Kier molecular flexibility index (Phi) is 5.81. The van der Waals surface area contributed by atoms with Crippen molar-refractivity contribution in [1.29, 1.82) is 0 Å². The summed E-state index contributed by atoms with van der Waals surface area (Å²) in [7, 11) is 0. The lowest BCUT2D eigenvalue weighted by Gasteiger charge is -2.30. The van der Waals surface area contributed by atoms with Crippen LogP contribution in [0, 0.1) is 11.8 Å². The van der Waals surface area contributed by atoms with Gasteiger partial charge in [0.2, 0.25) is 0 Å². The molecule has 3 nitrogen and oxygen atoms in total. The second-order valence-electron chi connectivity index (χ2n) is 5.26. The van der Waals surface area contributed by atoms with Crippen LogP contribution in [0.25, 0.3) is 0 Å². The number of hydrogen-bond acceptors (Lipinski definition) is 2. The van der Waals surface area contributed by atoms with E-state index >= 15 is 0 Å². The average molecular weight is 227 g/mol. The highest BCUT2D eigenvalue weighted by molar-refractivity contribution is 5.66. The van der Waals surface area contributed by atoms with Gasteiger partial charge in [0.15, 0.2) is 0 Å². The summed E-state index contributed by atoms with van der Waals surface area (Å²) >= 11 is 0. The molecule has 2 N–H and O–H groups in total. The Morgan fingerprint density at radius 1 is 1.44 bits per heavy atom. The van der Waals surface area contributed by atoms with E-state index in [0.29, 0.717) is 6.04 Å². The van der Waals surface area contributed by atoms with Crippen molar-refractivity contribution in [2.75, 3.05) is 6.54 Å². The molecule has 3 heteroatoms. The molecule has 16 heavy (non-hydrogen) atoms. The number of aliphatic carboxylic acids is 1. The normalized spacial score (nSPS) is 27.6. The molecule has 1 rings (SSSR count). The summed E-state index contributed by atoms with van der Waals surface area (Å²) in [5.41, 5.74) is 0. The lowest BCUT2D eigenvalue weighted by molar-refractivity contribution is -0.137. The largest absolute Gasteiger partial charge is 0.481 e. The van der Waals surface area contributed by atoms with Crippen LogP contribution in [-0.4, -0.2) is 23.7 Å². The monoisotopic (exact) mass is 227 g/mol. The molecule has 0 bridgehead atoms. The summed E-state index contributed by atoms with van der Waals surface area (Å²) in [6.45, 7) is 5.48. The van der Waals surface area contributed by atoms with Gasteiger partial charge in [-0.15, -0.1) is 0 Å². The van der Waals surface area contributed by atoms with Crippen LogP contribution in [0.4, 0.5) is 0 Å². The van der Waals surface area contributed by atoms with Crippen molar-refractivity contribution in [1.82, 2.24) is 5.32 Å². The van der Waals surface area contributed by atoms with Gasteiger partial charge in [0.05, 0.1) is 0 Å². The standard InChI is InChI=1S/C13H25NO2/c1-10-5-3-4-6-12(10)9-14-11(2)7-8-13(15)16/h10-12,14H,3-9H2,1-2H3,(H,15,16). The molecular weight excluding hydrogens is 202 g/mol. The zero-order valence-electron chi connectivity index (χ0n) is 10.5.